The van der Waals surface area contributed by atoms with Crippen LogP contribution in [0.3, 0.4) is 0 Å². The number of halogens is 1. The Balaban J connectivity index is 2.73. The highest BCUT2D eigenvalue weighted by Gasteiger charge is 2.52. The summed E-state index contributed by atoms with van der Waals surface area (Å²) in [6.07, 6.45) is -2.94. The smallest absolute Gasteiger partial charge is 0.260 e. The molecule has 1 fully saturated rings. The summed E-state index contributed by atoms with van der Waals surface area (Å²) in [5, 5.41) is 26.4. The summed E-state index contributed by atoms with van der Waals surface area (Å²) >= 11 is 0. The van der Waals surface area contributed by atoms with Crippen LogP contribution >= 0.6 is 0 Å². The lowest BCUT2D eigenvalue weighted by Crippen LogP contribution is -2.42. The third-order valence-corrected chi connectivity index (χ3v) is 1.84. The molecule has 0 saturated carbocycles. The third kappa shape index (κ3) is 1.27. The number of aliphatic hydroxyl groups excluding tert-OH is 3. The SMILES string of the molecule is B[C@@H]1O[C@](F)(CO)C(O)C1O. The Bertz CT molecular complexity index is 157. The van der Waals surface area contributed by atoms with Crippen LogP contribution in [-0.4, -0.2) is 53.8 Å². The second-order valence-electron chi connectivity index (χ2n) is 2.70. The van der Waals surface area contributed by atoms with Gasteiger partial charge in [-0.3, -0.25) is 0 Å². The number of hydrogen-bond donors (Lipinski definition) is 3. The molecule has 0 amide bonds. The first-order chi connectivity index (χ1) is 5.01. The molecule has 4 nitrogen and oxygen atoms in total. The Morgan fingerprint density at radius 2 is 2.09 bits per heavy atom. The lowest BCUT2D eigenvalue weighted by Gasteiger charge is -2.19. The van der Waals surface area contributed by atoms with Gasteiger partial charge >= 0.3 is 0 Å². The van der Waals surface area contributed by atoms with Gasteiger partial charge in [-0.25, -0.2) is 4.39 Å². The zero-order chi connectivity index (χ0) is 8.65. The second kappa shape index (κ2) is 2.71. The Morgan fingerprint density at radius 1 is 1.55 bits per heavy atom. The van der Waals surface area contributed by atoms with Gasteiger partial charge in [0.1, 0.15) is 26.7 Å². The average Bonchev–Trinajstić information content (AvgIpc) is 2.17. The van der Waals surface area contributed by atoms with E-state index in [4.69, 9.17) is 15.3 Å². The summed E-state index contributed by atoms with van der Waals surface area (Å²) in [5.74, 6) is -2.50. The van der Waals surface area contributed by atoms with E-state index in [-0.39, 0.29) is 0 Å². The van der Waals surface area contributed by atoms with E-state index in [1.54, 1.807) is 0 Å². The van der Waals surface area contributed by atoms with Gasteiger partial charge in [0, 0.05) is 0 Å². The van der Waals surface area contributed by atoms with Gasteiger partial charge < -0.3 is 20.1 Å². The van der Waals surface area contributed by atoms with Gasteiger partial charge in [0.05, 0.1) is 6.00 Å². The maximum absolute atomic E-state index is 13.1. The molecule has 3 N–H and O–H groups in total. The van der Waals surface area contributed by atoms with Crippen LogP contribution in [0.4, 0.5) is 4.39 Å². The van der Waals surface area contributed by atoms with Crippen molar-refractivity contribution in [1.29, 1.82) is 0 Å². The van der Waals surface area contributed by atoms with Gasteiger partial charge in [0.15, 0.2) is 0 Å². The van der Waals surface area contributed by atoms with Crippen molar-refractivity contribution in [3.8, 4) is 0 Å². The fraction of sp³-hybridized carbons (Fsp3) is 1.00. The first-order valence-corrected chi connectivity index (χ1v) is 3.35. The van der Waals surface area contributed by atoms with Crippen LogP contribution in [0.15, 0.2) is 0 Å². The van der Waals surface area contributed by atoms with Crippen molar-refractivity contribution in [2.75, 3.05) is 6.61 Å². The van der Waals surface area contributed by atoms with Crippen molar-refractivity contribution in [2.45, 2.75) is 24.1 Å². The average molecular weight is 164 g/mol. The highest BCUT2D eigenvalue weighted by molar-refractivity contribution is 6.11. The Hall–Kier alpha value is -0.165. The topological polar surface area (TPSA) is 69.9 Å². The van der Waals surface area contributed by atoms with Crippen molar-refractivity contribution >= 4 is 7.85 Å². The zero-order valence-corrected chi connectivity index (χ0v) is 6.07. The Morgan fingerprint density at radius 3 is 2.27 bits per heavy atom. The van der Waals surface area contributed by atoms with Crippen molar-refractivity contribution < 1.29 is 24.4 Å². The summed E-state index contributed by atoms with van der Waals surface area (Å²) in [5.41, 5.74) is 0. The molecule has 0 aliphatic carbocycles. The first kappa shape index (κ1) is 8.93. The predicted octanol–water partition coefficient (Wildman–Crippen LogP) is -2.64. The molecule has 1 aliphatic rings. The fourth-order valence-electron chi connectivity index (χ4n) is 1.09. The van der Waals surface area contributed by atoms with Crippen LogP contribution in [0.1, 0.15) is 0 Å². The van der Waals surface area contributed by atoms with Gasteiger partial charge in [-0.05, 0) is 0 Å². The minimum absolute atomic E-state index is 0.790. The zero-order valence-electron chi connectivity index (χ0n) is 6.07. The molecule has 1 aliphatic heterocycles. The highest BCUT2D eigenvalue weighted by Crippen LogP contribution is 2.30. The van der Waals surface area contributed by atoms with E-state index in [0.717, 1.165) is 0 Å². The molecular formula is C5H10BFO4. The molecule has 2 unspecified atom stereocenters. The van der Waals surface area contributed by atoms with E-state index in [0.29, 0.717) is 0 Å². The molecule has 0 aromatic rings. The van der Waals surface area contributed by atoms with Gasteiger partial charge in [-0.2, -0.15) is 0 Å². The van der Waals surface area contributed by atoms with E-state index in [1.807, 2.05) is 0 Å². The summed E-state index contributed by atoms with van der Waals surface area (Å²) in [4.78, 5) is 0. The van der Waals surface area contributed by atoms with Gasteiger partial charge in [-0.1, -0.05) is 0 Å². The van der Waals surface area contributed by atoms with E-state index in [2.05, 4.69) is 4.74 Å². The quantitative estimate of drug-likeness (QED) is 0.370. The molecule has 11 heavy (non-hydrogen) atoms. The minimum Gasteiger partial charge on any atom is -0.390 e. The lowest BCUT2D eigenvalue weighted by molar-refractivity contribution is -0.186. The summed E-state index contributed by atoms with van der Waals surface area (Å²) in [6, 6.07) is -0.790. The molecular weight excluding hydrogens is 154 g/mol. The predicted molar refractivity (Wildman–Crippen MR) is 36.4 cm³/mol. The number of hydrogen-bond acceptors (Lipinski definition) is 4. The fourth-order valence-corrected chi connectivity index (χ4v) is 1.09. The highest BCUT2D eigenvalue weighted by atomic mass is 19.2. The lowest BCUT2D eigenvalue weighted by atomic mass is 9.93. The molecule has 1 saturated heterocycles. The molecule has 4 atom stereocenters. The van der Waals surface area contributed by atoms with Gasteiger partial charge in [0.25, 0.3) is 5.85 Å². The number of rotatable bonds is 1. The summed E-state index contributed by atoms with van der Waals surface area (Å²) < 4.78 is 17.6. The van der Waals surface area contributed by atoms with Crippen LogP contribution in [0, 0.1) is 0 Å². The number of aliphatic hydroxyl groups is 3. The summed E-state index contributed by atoms with van der Waals surface area (Å²) in [7, 11) is 1.42. The molecule has 1 rings (SSSR count). The number of ether oxygens (including phenoxy) is 1. The maximum atomic E-state index is 13.1. The van der Waals surface area contributed by atoms with Crippen molar-refractivity contribution in [1.82, 2.24) is 0 Å². The summed E-state index contributed by atoms with van der Waals surface area (Å²) in [6.45, 7) is -0.949. The second-order valence-corrected chi connectivity index (χ2v) is 2.70. The van der Waals surface area contributed by atoms with Crippen LogP contribution in [0.5, 0.6) is 0 Å². The van der Waals surface area contributed by atoms with Crippen molar-refractivity contribution in [2.24, 2.45) is 0 Å². The maximum Gasteiger partial charge on any atom is 0.260 e. The van der Waals surface area contributed by atoms with Crippen LogP contribution in [0.2, 0.25) is 0 Å². The molecule has 0 radical (unpaired) electrons. The van der Waals surface area contributed by atoms with Crippen LogP contribution < -0.4 is 0 Å². The molecule has 0 bridgehead atoms. The van der Waals surface area contributed by atoms with Crippen LogP contribution in [0.25, 0.3) is 0 Å². The van der Waals surface area contributed by atoms with Gasteiger partial charge in [0.2, 0.25) is 0 Å². The van der Waals surface area contributed by atoms with Crippen molar-refractivity contribution in [3.63, 3.8) is 0 Å². The minimum atomic E-state index is -2.50. The van der Waals surface area contributed by atoms with Crippen LogP contribution in [-0.2, 0) is 4.74 Å². The Kier molecular flexibility index (Phi) is 2.20. The van der Waals surface area contributed by atoms with E-state index in [1.165, 1.54) is 7.85 Å². The van der Waals surface area contributed by atoms with E-state index >= 15 is 0 Å². The third-order valence-electron chi connectivity index (χ3n) is 1.84. The van der Waals surface area contributed by atoms with Crippen molar-refractivity contribution in [3.05, 3.63) is 0 Å². The molecule has 0 spiro atoms. The molecule has 64 valence electrons. The molecule has 6 heteroatoms. The standard InChI is InChI=1S/C5H10BFO4/c6-4-2(9)3(10)5(7,1-8)11-4/h2-4,8-10H,1,6H2/t2?,3?,4-,5-/m1/s1. The molecule has 0 aromatic heterocycles. The molecule has 1 heterocycles. The van der Waals surface area contributed by atoms with Gasteiger partial charge in [-0.15, -0.1) is 0 Å². The van der Waals surface area contributed by atoms with E-state index < -0.39 is 30.7 Å². The Labute approximate surface area is 64.0 Å². The number of alkyl halides is 1. The monoisotopic (exact) mass is 164 g/mol. The molecule has 0 aromatic carbocycles. The normalized spacial score (nSPS) is 51.5. The largest absolute Gasteiger partial charge is 0.390 e. The van der Waals surface area contributed by atoms with E-state index in [9.17, 15) is 4.39 Å². The first-order valence-electron chi connectivity index (χ1n) is 3.35.